The van der Waals surface area contributed by atoms with Crippen molar-refractivity contribution in [3.05, 3.63) is 27.7 Å². The van der Waals surface area contributed by atoms with Gasteiger partial charge in [0.2, 0.25) is 5.95 Å². The molecule has 0 aromatic carbocycles. The Morgan fingerprint density at radius 2 is 2.21 bits per heavy atom. The van der Waals surface area contributed by atoms with Gasteiger partial charge in [-0.25, -0.2) is 13.8 Å². The van der Waals surface area contributed by atoms with Crippen LogP contribution < -0.4 is 0 Å². The normalized spacial score (nSPS) is 10.3. The molecule has 1 aromatic heterocycles. The predicted molar refractivity (Wildman–Crippen MR) is 46.2 cm³/mol. The molecule has 0 aliphatic carbocycles. The smallest absolute Gasteiger partial charge is 0.223 e. The lowest BCUT2D eigenvalue weighted by atomic mass is 10.2. The lowest BCUT2D eigenvalue weighted by Crippen LogP contribution is -2.00. The van der Waals surface area contributed by atoms with Gasteiger partial charge in [-0.1, -0.05) is 15.9 Å². The highest BCUT2D eigenvalue weighted by Crippen LogP contribution is 2.29. The number of nitriles is 1. The van der Waals surface area contributed by atoms with E-state index < -0.39 is 17.9 Å². The van der Waals surface area contributed by atoms with Crippen molar-refractivity contribution in [1.29, 1.82) is 5.26 Å². The van der Waals surface area contributed by atoms with Gasteiger partial charge in [-0.3, -0.25) is 0 Å². The van der Waals surface area contributed by atoms with Gasteiger partial charge in [0.1, 0.15) is 0 Å². The summed E-state index contributed by atoms with van der Waals surface area (Å²) in [5, 5.41) is 8.30. The van der Waals surface area contributed by atoms with E-state index in [2.05, 4.69) is 20.9 Å². The minimum atomic E-state index is -2.92. The third-order valence-corrected chi connectivity index (χ3v) is 2.15. The van der Waals surface area contributed by atoms with Crippen LogP contribution in [-0.4, -0.2) is 4.98 Å². The van der Waals surface area contributed by atoms with Crippen LogP contribution in [0.3, 0.4) is 0 Å². The second-order valence-corrected chi connectivity index (χ2v) is 3.29. The Labute approximate surface area is 86.5 Å². The van der Waals surface area contributed by atoms with E-state index in [1.54, 1.807) is 6.07 Å². The summed E-state index contributed by atoms with van der Waals surface area (Å²) in [6, 6.07) is 2.97. The molecule has 0 N–H and O–H groups in total. The monoisotopic (exact) mass is 264 g/mol. The fourth-order valence-electron chi connectivity index (χ4n) is 0.907. The highest BCUT2D eigenvalue weighted by atomic mass is 79.9. The van der Waals surface area contributed by atoms with Gasteiger partial charge < -0.3 is 0 Å². The molecule has 0 saturated carbocycles. The van der Waals surface area contributed by atoms with Crippen LogP contribution in [0.15, 0.2) is 10.5 Å². The summed E-state index contributed by atoms with van der Waals surface area (Å²) >= 11 is 2.80. The number of aromatic nitrogens is 1. The van der Waals surface area contributed by atoms with E-state index in [4.69, 9.17) is 5.26 Å². The average Bonchev–Trinajstić information content (AvgIpc) is 2.01. The minimum Gasteiger partial charge on any atom is -0.223 e. The molecule has 0 fully saturated rings. The van der Waals surface area contributed by atoms with E-state index in [1.165, 1.54) is 6.07 Å². The van der Waals surface area contributed by atoms with Crippen LogP contribution in [0.25, 0.3) is 0 Å². The van der Waals surface area contributed by atoms with E-state index in [1.807, 2.05) is 0 Å². The zero-order valence-electron chi connectivity index (χ0n) is 6.77. The molecule has 0 saturated heterocycles. The SMILES string of the molecule is N#CCc1cc(Br)c(C(F)F)c(F)n1. The van der Waals surface area contributed by atoms with Crippen LogP contribution in [0.1, 0.15) is 17.7 Å². The first-order valence-electron chi connectivity index (χ1n) is 3.56. The number of rotatable bonds is 2. The lowest BCUT2D eigenvalue weighted by molar-refractivity contribution is 0.144. The summed E-state index contributed by atoms with van der Waals surface area (Å²) in [4.78, 5) is 3.25. The van der Waals surface area contributed by atoms with Crippen molar-refractivity contribution in [2.45, 2.75) is 12.8 Å². The Hall–Kier alpha value is -1.09. The summed E-state index contributed by atoms with van der Waals surface area (Å²) in [6.45, 7) is 0. The molecular weight excluding hydrogens is 261 g/mol. The maximum Gasteiger partial charge on any atom is 0.269 e. The Kier molecular flexibility index (Phi) is 3.47. The summed E-state index contributed by atoms with van der Waals surface area (Å²) in [6.07, 6.45) is -3.04. The van der Waals surface area contributed by atoms with Gasteiger partial charge in [-0.05, 0) is 6.07 Å². The zero-order valence-corrected chi connectivity index (χ0v) is 8.35. The van der Waals surface area contributed by atoms with Crippen molar-refractivity contribution in [2.24, 2.45) is 0 Å². The summed E-state index contributed by atoms with van der Waals surface area (Å²) in [5.74, 6) is -1.24. The summed E-state index contributed by atoms with van der Waals surface area (Å²) in [5.41, 5.74) is -0.645. The van der Waals surface area contributed by atoms with E-state index in [-0.39, 0.29) is 16.6 Å². The first-order valence-corrected chi connectivity index (χ1v) is 4.35. The van der Waals surface area contributed by atoms with E-state index in [0.29, 0.717) is 0 Å². The summed E-state index contributed by atoms with van der Waals surface area (Å²) in [7, 11) is 0. The van der Waals surface area contributed by atoms with Crippen molar-refractivity contribution in [3.63, 3.8) is 0 Å². The first-order chi connectivity index (χ1) is 6.56. The number of halogens is 4. The Morgan fingerprint density at radius 1 is 1.57 bits per heavy atom. The molecule has 0 spiro atoms. The minimum absolute atomic E-state index is 0.0646. The van der Waals surface area contributed by atoms with Crippen LogP contribution in [0.5, 0.6) is 0 Å². The van der Waals surface area contributed by atoms with Crippen LogP contribution in [-0.2, 0) is 6.42 Å². The Balaban J connectivity index is 3.19. The molecule has 1 rings (SSSR count). The second-order valence-electron chi connectivity index (χ2n) is 2.44. The maximum absolute atomic E-state index is 13.0. The molecule has 0 aliphatic rings. The lowest BCUT2D eigenvalue weighted by Gasteiger charge is -2.05. The number of alkyl halides is 2. The molecule has 74 valence electrons. The first kappa shape index (κ1) is 11.0. The molecule has 0 amide bonds. The molecule has 0 unspecified atom stereocenters. The zero-order chi connectivity index (χ0) is 10.7. The van der Waals surface area contributed by atoms with Gasteiger partial charge in [-0.2, -0.15) is 9.65 Å². The number of hydrogen-bond donors (Lipinski definition) is 0. The van der Waals surface area contributed by atoms with Gasteiger partial charge in [0.05, 0.1) is 23.7 Å². The van der Waals surface area contributed by atoms with Crippen molar-refractivity contribution in [3.8, 4) is 6.07 Å². The molecule has 14 heavy (non-hydrogen) atoms. The number of hydrogen-bond acceptors (Lipinski definition) is 2. The van der Waals surface area contributed by atoms with Crippen molar-refractivity contribution in [1.82, 2.24) is 4.98 Å². The fraction of sp³-hybridized carbons (Fsp3) is 0.250. The third-order valence-electron chi connectivity index (χ3n) is 1.49. The highest BCUT2D eigenvalue weighted by molar-refractivity contribution is 9.10. The van der Waals surface area contributed by atoms with E-state index >= 15 is 0 Å². The van der Waals surface area contributed by atoms with Gasteiger partial charge in [0, 0.05) is 4.47 Å². The molecule has 6 heteroatoms. The molecule has 0 atom stereocenters. The standard InChI is InChI=1S/C8H4BrF3N2/c9-5-3-4(1-2-13)14-8(12)6(5)7(10)11/h3,7H,1H2. The topological polar surface area (TPSA) is 36.7 Å². The van der Waals surface area contributed by atoms with E-state index in [0.717, 1.165) is 0 Å². The van der Waals surface area contributed by atoms with Crippen LogP contribution in [0, 0.1) is 17.3 Å². The van der Waals surface area contributed by atoms with Crippen molar-refractivity contribution < 1.29 is 13.2 Å². The molecule has 1 heterocycles. The number of pyridine rings is 1. The Bertz CT molecular complexity index is 364. The molecule has 0 radical (unpaired) electrons. The third kappa shape index (κ3) is 2.23. The molecule has 2 nitrogen and oxygen atoms in total. The number of nitrogens with zero attached hydrogens (tertiary/aromatic N) is 2. The molecule has 0 aliphatic heterocycles. The van der Waals surface area contributed by atoms with Gasteiger partial charge in [0.25, 0.3) is 6.43 Å². The maximum atomic E-state index is 13.0. The quantitative estimate of drug-likeness (QED) is 0.771. The van der Waals surface area contributed by atoms with Crippen molar-refractivity contribution >= 4 is 15.9 Å². The van der Waals surface area contributed by atoms with Crippen LogP contribution >= 0.6 is 15.9 Å². The van der Waals surface area contributed by atoms with Crippen LogP contribution in [0.2, 0.25) is 0 Å². The Morgan fingerprint density at radius 3 is 2.64 bits per heavy atom. The summed E-state index contributed by atoms with van der Waals surface area (Å²) < 4.78 is 37.4. The predicted octanol–water partition coefficient (Wildman–Crippen LogP) is 2.99. The fourth-order valence-corrected chi connectivity index (χ4v) is 1.51. The molecular formula is C8H4BrF3N2. The van der Waals surface area contributed by atoms with Crippen LogP contribution in [0.4, 0.5) is 13.2 Å². The molecule has 0 bridgehead atoms. The van der Waals surface area contributed by atoms with Gasteiger partial charge >= 0.3 is 0 Å². The largest absolute Gasteiger partial charge is 0.269 e. The van der Waals surface area contributed by atoms with Gasteiger partial charge in [-0.15, -0.1) is 0 Å². The highest BCUT2D eigenvalue weighted by Gasteiger charge is 2.19. The molecule has 1 aromatic rings. The van der Waals surface area contributed by atoms with Gasteiger partial charge in [0.15, 0.2) is 0 Å². The van der Waals surface area contributed by atoms with Crippen molar-refractivity contribution in [2.75, 3.05) is 0 Å². The van der Waals surface area contributed by atoms with E-state index in [9.17, 15) is 13.2 Å². The average molecular weight is 265 g/mol. The second kappa shape index (κ2) is 4.42.